The van der Waals surface area contributed by atoms with Crippen molar-refractivity contribution in [2.75, 3.05) is 11.9 Å². The van der Waals surface area contributed by atoms with Gasteiger partial charge in [-0.25, -0.2) is 9.18 Å². The summed E-state index contributed by atoms with van der Waals surface area (Å²) in [7, 11) is 0. The Hall–Kier alpha value is -3.85. The van der Waals surface area contributed by atoms with Gasteiger partial charge in [0, 0.05) is 10.8 Å². The minimum Gasteiger partial charge on any atom is -0.461 e. The molecular weight excluding hydrogens is 457 g/mol. The molecule has 2 aromatic heterocycles. The summed E-state index contributed by atoms with van der Waals surface area (Å²) < 4.78 is 19.6. The summed E-state index contributed by atoms with van der Waals surface area (Å²) in [6.07, 6.45) is 0.564. The second-order valence-corrected chi connectivity index (χ2v) is 8.36. The molecule has 0 spiro atoms. The van der Waals surface area contributed by atoms with Crippen molar-refractivity contribution in [2.45, 2.75) is 26.2 Å². The van der Waals surface area contributed by atoms with Gasteiger partial charge >= 0.3 is 5.97 Å². The van der Waals surface area contributed by atoms with E-state index < -0.39 is 23.3 Å². The minimum atomic E-state index is -0.699. The summed E-state index contributed by atoms with van der Waals surface area (Å²) in [5.41, 5.74) is 0.533. The molecule has 1 unspecified atom stereocenters. The molecule has 34 heavy (non-hydrogen) atoms. The predicted octanol–water partition coefficient (Wildman–Crippen LogP) is 4.90. The number of halogens is 1. The zero-order valence-corrected chi connectivity index (χ0v) is 19.4. The van der Waals surface area contributed by atoms with Gasteiger partial charge in [-0.05, 0) is 43.2 Å². The van der Waals surface area contributed by atoms with Crippen LogP contribution in [-0.4, -0.2) is 28.3 Å². The number of ether oxygens (including phenoxy) is 1. The SMILES string of the molecule is CCOC(=O)c1nn(-c2ccc(F)cc2)c(=O)c2c(NC(=O)C(CC)c3ccccc3)scc12. The van der Waals surface area contributed by atoms with Crippen molar-refractivity contribution in [1.82, 2.24) is 9.78 Å². The van der Waals surface area contributed by atoms with Crippen LogP contribution < -0.4 is 10.9 Å². The van der Waals surface area contributed by atoms with Crippen LogP contribution in [-0.2, 0) is 9.53 Å². The highest BCUT2D eigenvalue weighted by atomic mass is 32.1. The van der Waals surface area contributed by atoms with Gasteiger partial charge in [-0.3, -0.25) is 9.59 Å². The van der Waals surface area contributed by atoms with Crippen LogP contribution in [0.15, 0.2) is 64.8 Å². The Morgan fingerprint density at radius 1 is 1.12 bits per heavy atom. The van der Waals surface area contributed by atoms with Gasteiger partial charge in [0.2, 0.25) is 5.91 Å². The Labute approximate surface area is 198 Å². The first kappa shape index (κ1) is 23.3. The van der Waals surface area contributed by atoms with E-state index in [1.807, 2.05) is 37.3 Å². The predicted molar refractivity (Wildman–Crippen MR) is 129 cm³/mol. The third kappa shape index (κ3) is 4.47. The normalized spacial score (nSPS) is 11.9. The topological polar surface area (TPSA) is 90.3 Å². The summed E-state index contributed by atoms with van der Waals surface area (Å²) in [5, 5.41) is 9.42. The van der Waals surface area contributed by atoms with Crippen molar-refractivity contribution >= 4 is 39.0 Å². The largest absolute Gasteiger partial charge is 0.461 e. The van der Waals surface area contributed by atoms with Crippen LogP contribution in [0.4, 0.5) is 9.39 Å². The number of benzene rings is 2. The van der Waals surface area contributed by atoms with Gasteiger partial charge in [0.25, 0.3) is 5.56 Å². The van der Waals surface area contributed by atoms with Crippen molar-refractivity contribution < 1.29 is 18.7 Å². The lowest BCUT2D eigenvalue weighted by molar-refractivity contribution is -0.117. The first-order valence-electron chi connectivity index (χ1n) is 10.8. The molecule has 2 heterocycles. The van der Waals surface area contributed by atoms with Crippen LogP contribution >= 0.6 is 11.3 Å². The number of hydrogen-bond acceptors (Lipinski definition) is 6. The first-order valence-corrected chi connectivity index (χ1v) is 11.7. The van der Waals surface area contributed by atoms with Crippen molar-refractivity contribution in [3.05, 3.63) is 87.4 Å². The number of carbonyl (C=O) groups is 2. The van der Waals surface area contributed by atoms with Crippen LogP contribution in [0.2, 0.25) is 0 Å². The molecule has 0 radical (unpaired) electrons. The molecule has 0 aliphatic carbocycles. The van der Waals surface area contributed by atoms with Gasteiger partial charge in [0.05, 0.1) is 23.6 Å². The van der Waals surface area contributed by atoms with Gasteiger partial charge < -0.3 is 10.1 Å². The quantitative estimate of drug-likeness (QED) is 0.381. The monoisotopic (exact) mass is 479 g/mol. The number of anilines is 1. The van der Waals surface area contributed by atoms with Crippen molar-refractivity contribution in [1.29, 1.82) is 0 Å². The molecule has 0 saturated carbocycles. The van der Waals surface area contributed by atoms with E-state index in [-0.39, 0.29) is 34.7 Å². The highest BCUT2D eigenvalue weighted by Gasteiger charge is 2.25. The maximum absolute atomic E-state index is 13.4. The minimum absolute atomic E-state index is 0.0624. The molecule has 9 heteroatoms. The molecule has 1 amide bonds. The molecule has 2 aromatic carbocycles. The third-order valence-corrected chi connectivity index (χ3v) is 6.25. The fourth-order valence-electron chi connectivity index (χ4n) is 3.71. The van der Waals surface area contributed by atoms with E-state index in [9.17, 15) is 18.8 Å². The Bertz CT molecular complexity index is 1400. The molecule has 174 valence electrons. The van der Waals surface area contributed by atoms with Crippen LogP contribution in [0.25, 0.3) is 16.5 Å². The van der Waals surface area contributed by atoms with Gasteiger partial charge in [0.1, 0.15) is 10.8 Å². The lowest BCUT2D eigenvalue weighted by Crippen LogP contribution is -2.26. The number of fused-ring (bicyclic) bond motifs is 1. The molecular formula is C25H22FN3O4S. The molecule has 0 bridgehead atoms. The summed E-state index contributed by atoms with van der Waals surface area (Å²) in [5.74, 6) is -1.85. The molecule has 4 rings (SSSR count). The van der Waals surface area contributed by atoms with Gasteiger partial charge in [-0.1, -0.05) is 37.3 Å². The number of carbonyl (C=O) groups excluding carboxylic acids is 2. The van der Waals surface area contributed by atoms with Crippen molar-refractivity contribution in [2.24, 2.45) is 0 Å². The van der Waals surface area contributed by atoms with E-state index in [1.165, 1.54) is 24.3 Å². The smallest absolute Gasteiger partial charge is 0.359 e. The zero-order chi connectivity index (χ0) is 24.2. The highest BCUT2D eigenvalue weighted by Crippen LogP contribution is 2.32. The van der Waals surface area contributed by atoms with Gasteiger partial charge in [0.15, 0.2) is 5.69 Å². The fraction of sp³-hybridized carbons (Fsp3) is 0.200. The Balaban J connectivity index is 1.84. The summed E-state index contributed by atoms with van der Waals surface area (Å²) >= 11 is 1.13. The Morgan fingerprint density at radius 3 is 2.47 bits per heavy atom. The van der Waals surface area contributed by atoms with Crippen LogP contribution in [0, 0.1) is 5.82 Å². The van der Waals surface area contributed by atoms with E-state index >= 15 is 0 Å². The number of nitrogens with one attached hydrogen (secondary N) is 1. The van der Waals surface area contributed by atoms with Crippen LogP contribution in [0.5, 0.6) is 0 Å². The summed E-state index contributed by atoms with van der Waals surface area (Å²) in [6, 6.07) is 14.5. The number of thiophene rings is 1. The maximum Gasteiger partial charge on any atom is 0.359 e. The van der Waals surface area contributed by atoms with Crippen LogP contribution in [0.3, 0.4) is 0 Å². The molecule has 0 aliphatic rings. The molecule has 0 fully saturated rings. The number of nitrogens with zero attached hydrogens (tertiary/aromatic N) is 2. The second kappa shape index (κ2) is 9.96. The zero-order valence-electron chi connectivity index (χ0n) is 18.6. The molecule has 7 nitrogen and oxygen atoms in total. The van der Waals surface area contributed by atoms with Crippen molar-refractivity contribution in [3.8, 4) is 5.69 Å². The molecule has 0 saturated heterocycles. The maximum atomic E-state index is 13.4. The fourth-order valence-corrected chi connectivity index (χ4v) is 4.65. The van der Waals surface area contributed by atoms with Crippen LogP contribution in [0.1, 0.15) is 42.2 Å². The number of hydrogen-bond donors (Lipinski definition) is 1. The Kier molecular flexibility index (Phi) is 6.83. The number of amides is 1. The second-order valence-electron chi connectivity index (χ2n) is 7.48. The van der Waals surface area contributed by atoms with Crippen molar-refractivity contribution in [3.63, 3.8) is 0 Å². The summed E-state index contributed by atoms with van der Waals surface area (Å²) in [6.45, 7) is 3.70. The number of esters is 1. The average molecular weight is 480 g/mol. The van der Waals surface area contributed by atoms with E-state index in [4.69, 9.17) is 4.74 Å². The van der Waals surface area contributed by atoms with Gasteiger partial charge in [-0.15, -0.1) is 11.3 Å². The molecule has 1 N–H and O–H groups in total. The van der Waals surface area contributed by atoms with E-state index in [1.54, 1.807) is 12.3 Å². The van der Waals surface area contributed by atoms with Gasteiger partial charge in [-0.2, -0.15) is 9.78 Å². The summed E-state index contributed by atoms with van der Waals surface area (Å²) in [4.78, 5) is 39.2. The first-order chi connectivity index (χ1) is 16.4. The average Bonchev–Trinajstić information content (AvgIpc) is 3.25. The third-order valence-electron chi connectivity index (χ3n) is 5.36. The highest BCUT2D eigenvalue weighted by molar-refractivity contribution is 7.16. The lowest BCUT2D eigenvalue weighted by atomic mass is 9.96. The van der Waals surface area contributed by atoms with E-state index in [0.717, 1.165) is 21.6 Å². The standard InChI is InChI=1S/C25H22FN3O4S/c1-3-18(15-8-6-5-7-9-15)22(30)27-23-20-19(14-34-23)21(25(32)33-4-2)28-29(24(20)31)17-12-10-16(26)11-13-17/h5-14,18H,3-4H2,1-2H3,(H,27,30). The van der Waals surface area contributed by atoms with E-state index in [2.05, 4.69) is 10.4 Å². The number of rotatable bonds is 7. The number of aromatic nitrogens is 2. The van der Waals surface area contributed by atoms with E-state index in [0.29, 0.717) is 11.4 Å². The molecule has 4 aromatic rings. The molecule has 0 aliphatic heterocycles. The molecule has 1 atom stereocenters. The Morgan fingerprint density at radius 2 is 1.82 bits per heavy atom. The lowest BCUT2D eigenvalue weighted by Gasteiger charge is -2.15.